The number of unbranched alkanes of at least 4 members (excludes halogenated alkanes) is 3. The van der Waals surface area contributed by atoms with Gasteiger partial charge in [0.15, 0.2) is 0 Å². The van der Waals surface area contributed by atoms with Crippen LogP contribution in [-0.4, -0.2) is 22.6 Å². The number of aliphatic hydroxyl groups excluding tert-OH is 1. The van der Waals surface area contributed by atoms with Gasteiger partial charge in [-0.3, -0.25) is 0 Å². The molecule has 1 aromatic carbocycles. The van der Waals surface area contributed by atoms with Crippen molar-refractivity contribution in [3.8, 4) is 0 Å². The van der Waals surface area contributed by atoms with E-state index >= 15 is 0 Å². The summed E-state index contributed by atoms with van der Waals surface area (Å²) in [6, 6.07) is 7.95. The summed E-state index contributed by atoms with van der Waals surface area (Å²) in [6.45, 7) is 6.45. The van der Waals surface area contributed by atoms with Crippen LogP contribution in [0.5, 0.6) is 0 Å². The lowest BCUT2D eigenvalue weighted by atomic mass is 9.79. The van der Waals surface area contributed by atoms with E-state index in [4.69, 9.17) is 5.21 Å². The molecule has 1 aromatic rings. The van der Waals surface area contributed by atoms with E-state index in [-0.39, 0.29) is 12.0 Å². The van der Waals surface area contributed by atoms with Crippen molar-refractivity contribution in [3.63, 3.8) is 0 Å². The molecular formula is C17H27NO2. The topological polar surface area (TPSA) is 52.8 Å². The number of benzene rings is 1. The number of hydrogen-bond acceptors (Lipinski definition) is 3. The molecule has 20 heavy (non-hydrogen) atoms. The van der Waals surface area contributed by atoms with Crippen LogP contribution in [0.1, 0.15) is 64.0 Å². The summed E-state index contributed by atoms with van der Waals surface area (Å²) in [5.41, 5.74) is 2.42. The van der Waals surface area contributed by atoms with E-state index in [0.717, 1.165) is 12.0 Å². The molecule has 112 valence electrons. The average molecular weight is 277 g/mol. The molecule has 0 bridgehead atoms. The summed E-state index contributed by atoms with van der Waals surface area (Å²) in [5.74, 6) is 0. The summed E-state index contributed by atoms with van der Waals surface area (Å²) in [6.07, 6.45) is 6.19. The summed E-state index contributed by atoms with van der Waals surface area (Å²) in [4.78, 5) is 0. The number of oxime groups is 1. The van der Waals surface area contributed by atoms with Crippen molar-refractivity contribution >= 4 is 5.71 Å². The molecule has 3 nitrogen and oxygen atoms in total. The zero-order valence-electron chi connectivity index (χ0n) is 12.9. The van der Waals surface area contributed by atoms with Crippen molar-refractivity contribution in [1.29, 1.82) is 0 Å². The largest absolute Gasteiger partial charge is 0.411 e. The Balaban J connectivity index is 2.81. The summed E-state index contributed by atoms with van der Waals surface area (Å²) in [5, 5.41) is 21.2. The van der Waals surface area contributed by atoms with Gasteiger partial charge in [0.05, 0.1) is 6.61 Å². The number of nitrogens with zero attached hydrogens (tertiary/aromatic N) is 1. The Kier molecular flexibility index (Phi) is 6.73. The average Bonchev–Trinajstić information content (AvgIpc) is 2.45. The van der Waals surface area contributed by atoms with Crippen LogP contribution in [0.25, 0.3) is 0 Å². The van der Waals surface area contributed by atoms with Crippen molar-refractivity contribution < 1.29 is 10.3 Å². The van der Waals surface area contributed by atoms with Gasteiger partial charge in [-0.05, 0) is 23.5 Å². The molecule has 0 aromatic heterocycles. The van der Waals surface area contributed by atoms with E-state index in [9.17, 15) is 5.11 Å². The van der Waals surface area contributed by atoms with Gasteiger partial charge in [0.1, 0.15) is 5.71 Å². The summed E-state index contributed by atoms with van der Waals surface area (Å²) >= 11 is 0. The van der Waals surface area contributed by atoms with Gasteiger partial charge < -0.3 is 10.3 Å². The van der Waals surface area contributed by atoms with Crippen LogP contribution in [-0.2, 0) is 5.41 Å². The van der Waals surface area contributed by atoms with Gasteiger partial charge in [-0.15, -0.1) is 0 Å². The van der Waals surface area contributed by atoms with E-state index in [1.165, 1.54) is 31.2 Å². The van der Waals surface area contributed by atoms with Crippen molar-refractivity contribution in [3.05, 3.63) is 35.4 Å². The number of hydrogen-bond donors (Lipinski definition) is 2. The van der Waals surface area contributed by atoms with Crippen LogP contribution in [0.4, 0.5) is 0 Å². The standard InChI is InChI=1S/C17H27NO2/c1-4-5-6-7-11-17(2,3)15-10-8-9-14(12-15)16(13-19)18-20/h8-10,12,19-20H,4-7,11,13H2,1-3H3. The second-order valence-electron chi connectivity index (χ2n) is 5.98. The van der Waals surface area contributed by atoms with Crippen LogP contribution >= 0.6 is 0 Å². The maximum atomic E-state index is 9.18. The fourth-order valence-electron chi connectivity index (χ4n) is 2.44. The van der Waals surface area contributed by atoms with E-state index < -0.39 is 0 Å². The molecule has 3 heteroatoms. The Morgan fingerprint density at radius 1 is 1.20 bits per heavy atom. The monoisotopic (exact) mass is 277 g/mol. The third-order valence-corrected chi connectivity index (χ3v) is 3.90. The number of rotatable bonds is 8. The minimum absolute atomic E-state index is 0.0970. The van der Waals surface area contributed by atoms with Crippen molar-refractivity contribution in [2.45, 2.75) is 58.3 Å². The maximum absolute atomic E-state index is 9.18. The van der Waals surface area contributed by atoms with E-state index in [1.54, 1.807) is 0 Å². The summed E-state index contributed by atoms with van der Waals surface area (Å²) < 4.78 is 0. The van der Waals surface area contributed by atoms with Crippen molar-refractivity contribution in [1.82, 2.24) is 0 Å². The molecule has 0 unspecified atom stereocenters. The van der Waals surface area contributed by atoms with Gasteiger partial charge in [0.25, 0.3) is 0 Å². The maximum Gasteiger partial charge on any atom is 0.112 e. The highest BCUT2D eigenvalue weighted by molar-refractivity contribution is 6.01. The molecule has 1 rings (SSSR count). The molecule has 0 fully saturated rings. The van der Waals surface area contributed by atoms with E-state index in [1.807, 2.05) is 18.2 Å². The molecule has 0 saturated carbocycles. The molecular weight excluding hydrogens is 250 g/mol. The third-order valence-electron chi connectivity index (χ3n) is 3.90. The predicted molar refractivity (Wildman–Crippen MR) is 83.6 cm³/mol. The molecule has 0 amide bonds. The first-order valence-corrected chi connectivity index (χ1v) is 7.48. The first kappa shape index (κ1) is 16.7. The fourth-order valence-corrected chi connectivity index (χ4v) is 2.44. The predicted octanol–water partition coefficient (Wildman–Crippen LogP) is 4.11. The first-order chi connectivity index (χ1) is 9.55. The van der Waals surface area contributed by atoms with Crippen LogP contribution in [0.3, 0.4) is 0 Å². The Morgan fingerprint density at radius 2 is 1.95 bits per heavy atom. The third kappa shape index (κ3) is 4.64. The first-order valence-electron chi connectivity index (χ1n) is 7.48. The highest BCUT2D eigenvalue weighted by atomic mass is 16.4. The smallest absolute Gasteiger partial charge is 0.112 e. The van der Waals surface area contributed by atoms with Gasteiger partial charge in [-0.1, -0.05) is 69.8 Å². The van der Waals surface area contributed by atoms with Gasteiger partial charge in [0, 0.05) is 5.56 Å². The lowest BCUT2D eigenvalue weighted by molar-refractivity contribution is 0.303. The zero-order chi connectivity index (χ0) is 15.0. The van der Waals surface area contributed by atoms with Gasteiger partial charge >= 0.3 is 0 Å². The lowest BCUT2D eigenvalue weighted by Crippen LogP contribution is -2.18. The molecule has 0 aliphatic heterocycles. The molecule has 0 saturated heterocycles. The van der Waals surface area contributed by atoms with Gasteiger partial charge in [-0.2, -0.15) is 0 Å². The number of aliphatic hydroxyl groups is 1. The molecule has 0 radical (unpaired) electrons. The SMILES string of the molecule is CCCCCCC(C)(C)c1cccc(C(CO)=NO)c1. The molecule has 2 N–H and O–H groups in total. The Labute approximate surface area is 122 Å². The molecule has 0 spiro atoms. The van der Waals surface area contributed by atoms with Crippen LogP contribution in [0.15, 0.2) is 29.4 Å². The molecule has 0 atom stereocenters. The van der Waals surface area contributed by atoms with Crippen LogP contribution in [0.2, 0.25) is 0 Å². The Morgan fingerprint density at radius 3 is 2.55 bits per heavy atom. The second-order valence-corrected chi connectivity index (χ2v) is 5.98. The quantitative estimate of drug-likeness (QED) is 0.325. The van der Waals surface area contributed by atoms with Crippen molar-refractivity contribution in [2.75, 3.05) is 6.61 Å². The van der Waals surface area contributed by atoms with E-state index in [0.29, 0.717) is 5.71 Å². The molecule has 0 aliphatic rings. The highest BCUT2D eigenvalue weighted by Crippen LogP contribution is 2.30. The summed E-state index contributed by atoms with van der Waals surface area (Å²) in [7, 11) is 0. The van der Waals surface area contributed by atoms with Crippen LogP contribution in [0, 0.1) is 0 Å². The minimum atomic E-state index is -0.253. The van der Waals surface area contributed by atoms with Gasteiger partial charge in [0.2, 0.25) is 0 Å². The van der Waals surface area contributed by atoms with Crippen molar-refractivity contribution in [2.24, 2.45) is 5.16 Å². The minimum Gasteiger partial charge on any atom is -0.411 e. The second kappa shape index (κ2) is 8.05. The zero-order valence-corrected chi connectivity index (χ0v) is 12.9. The highest BCUT2D eigenvalue weighted by Gasteiger charge is 2.20. The van der Waals surface area contributed by atoms with E-state index in [2.05, 4.69) is 32.0 Å². The van der Waals surface area contributed by atoms with Crippen LogP contribution < -0.4 is 0 Å². The Hall–Kier alpha value is -1.35. The molecule has 0 heterocycles. The fraction of sp³-hybridized carbons (Fsp3) is 0.588. The molecule has 0 aliphatic carbocycles. The van der Waals surface area contributed by atoms with Gasteiger partial charge in [-0.25, -0.2) is 0 Å². The lowest BCUT2D eigenvalue weighted by Gasteiger charge is -2.26. The normalized spacial score (nSPS) is 12.7. The Bertz CT molecular complexity index is 438.